The fraction of sp³-hybridized carbons (Fsp3) is 0.462. The van der Waals surface area contributed by atoms with Gasteiger partial charge in [0.2, 0.25) is 0 Å². The van der Waals surface area contributed by atoms with Crippen LogP contribution in [0.5, 0.6) is 0 Å². The lowest BCUT2D eigenvalue weighted by molar-refractivity contribution is 0.237. The first-order valence-corrected chi connectivity index (χ1v) is 6.12. The predicted octanol–water partition coefficient (Wildman–Crippen LogP) is 1.75. The van der Waals surface area contributed by atoms with E-state index in [4.69, 9.17) is 5.11 Å². The maximum atomic E-state index is 13.5. The molecule has 0 aliphatic heterocycles. The molecular formula is C13H18F2N2O2. The number of aliphatic hydroxyl groups is 1. The van der Waals surface area contributed by atoms with Gasteiger partial charge in [-0.05, 0) is 18.1 Å². The normalized spacial score (nSPS) is 12.0. The number of carbonyl (C=O) groups is 1. The Balaban J connectivity index is 2.42. The van der Waals surface area contributed by atoms with E-state index in [2.05, 4.69) is 10.6 Å². The number of amides is 2. The Morgan fingerprint density at radius 1 is 1.37 bits per heavy atom. The number of urea groups is 1. The summed E-state index contributed by atoms with van der Waals surface area (Å²) in [6.07, 6.45) is 0.482. The molecule has 0 radical (unpaired) electrons. The smallest absolute Gasteiger partial charge is 0.314 e. The van der Waals surface area contributed by atoms with Gasteiger partial charge in [-0.15, -0.1) is 0 Å². The SMILES string of the molecule is CC(CNC(=O)NCCCO)c1ccc(F)cc1F. The minimum atomic E-state index is -0.622. The highest BCUT2D eigenvalue weighted by atomic mass is 19.1. The first-order valence-electron chi connectivity index (χ1n) is 6.12. The molecule has 2 amide bonds. The third-order valence-corrected chi connectivity index (χ3v) is 2.68. The van der Waals surface area contributed by atoms with Crippen molar-refractivity contribution >= 4 is 6.03 Å². The molecule has 1 aromatic carbocycles. The maximum absolute atomic E-state index is 13.5. The average molecular weight is 272 g/mol. The van der Waals surface area contributed by atoms with E-state index in [1.807, 2.05) is 0 Å². The Labute approximate surface area is 110 Å². The van der Waals surface area contributed by atoms with E-state index in [0.717, 1.165) is 6.07 Å². The molecule has 4 nitrogen and oxygen atoms in total. The molecule has 0 aromatic heterocycles. The number of halogens is 2. The molecule has 1 atom stereocenters. The van der Waals surface area contributed by atoms with Crippen LogP contribution in [0.3, 0.4) is 0 Å². The topological polar surface area (TPSA) is 61.4 Å². The van der Waals surface area contributed by atoms with E-state index in [1.165, 1.54) is 12.1 Å². The van der Waals surface area contributed by atoms with Crippen molar-refractivity contribution in [1.82, 2.24) is 10.6 Å². The summed E-state index contributed by atoms with van der Waals surface area (Å²) in [5.74, 6) is -1.50. The molecule has 0 spiro atoms. The summed E-state index contributed by atoms with van der Waals surface area (Å²) >= 11 is 0. The number of rotatable bonds is 6. The van der Waals surface area contributed by atoms with Gasteiger partial charge in [-0.1, -0.05) is 13.0 Å². The van der Waals surface area contributed by atoms with Crippen LogP contribution in [0.15, 0.2) is 18.2 Å². The molecule has 19 heavy (non-hydrogen) atoms. The largest absolute Gasteiger partial charge is 0.396 e. The minimum Gasteiger partial charge on any atom is -0.396 e. The average Bonchev–Trinajstić information content (AvgIpc) is 2.36. The predicted molar refractivity (Wildman–Crippen MR) is 67.9 cm³/mol. The number of hydrogen-bond acceptors (Lipinski definition) is 2. The van der Waals surface area contributed by atoms with E-state index in [-0.39, 0.29) is 25.1 Å². The molecule has 106 valence electrons. The van der Waals surface area contributed by atoms with Gasteiger partial charge < -0.3 is 15.7 Å². The van der Waals surface area contributed by atoms with Crippen molar-refractivity contribution in [2.45, 2.75) is 19.3 Å². The Hall–Kier alpha value is -1.69. The zero-order valence-electron chi connectivity index (χ0n) is 10.7. The highest BCUT2D eigenvalue weighted by molar-refractivity contribution is 5.73. The van der Waals surface area contributed by atoms with Gasteiger partial charge in [0, 0.05) is 31.7 Å². The Morgan fingerprint density at radius 2 is 2.11 bits per heavy atom. The highest BCUT2D eigenvalue weighted by Crippen LogP contribution is 2.18. The first-order chi connectivity index (χ1) is 9.04. The molecule has 0 bridgehead atoms. The number of carbonyl (C=O) groups excluding carboxylic acids is 1. The molecule has 1 aromatic rings. The van der Waals surface area contributed by atoms with Gasteiger partial charge in [0.1, 0.15) is 11.6 Å². The van der Waals surface area contributed by atoms with Gasteiger partial charge >= 0.3 is 6.03 Å². The van der Waals surface area contributed by atoms with Crippen LogP contribution in [0.1, 0.15) is 24.8 Å². The molecule has 3 N–H and O–H groups in total. The van der Waals surface area contributed by atoms with Gasteiger partial charge in [0.25, 0.3) is 0 Å². The standard InChI is InChI=1S/C13H18F2N2O2/c1-9(8-17-13(19)16-5-2-6-18)11-4-3-10(14)7-12(11)15/h3-4,7,9,18H,2,5-6,8H2,1H3,(H2,16,17,19). The lowest BCUT2D eigenvalue weighted by Crippen LogP contribution is -2.38. The summed E-state index contributed by atoms with van der Waals surface area (Å²) in [5, 5.41) is 13.7. The number of hydrogen-bond donors (Lipinski definition) is 3. The van der Waals surface area contributed by atoms with Gasteiger partial charge in [-0.2, -0.15) is 0 Å². The van der Waals surface area contributed by atoms with Crippen LogP contribution in [-0.2, 0) is 0 Å². The highest BCUT2D eigenvalue weighted by Gasteiger charge is 2.12. The van der Waals surface area contributed by atoms with Gasteiger partial charge in [0.15, 0.2) is 0 Å². The van der Waals surface area contributed by atoms with Crippen molar-refractivity contribution < 1.29 is 18.7 Å². The molecule has 0 saturated heterocycles. The van der Waals surface area contributed by atoms with Gasteiger partial charge in [-0.25, -0.2) is 13.6 Å². The third-order valence-electron chi connectivity index (χ3n) is 2.68. The molecule has 6 heteroatoms. The molecule has 0 fully saturated rings. The second-order valence-corrected chi connectivity index (χ2v) is 4.28. The number of aliphatic hydroxyl groups excluding tert-OH is 1. The Bertz CT molecular complexity index is 427. The number of nitrogens with one attached hydrogen (secondary N) is 2. The van der Waals surface area contributed by atoms with Crippen LogP contribution in [0, 0.1) is 11.6 Å². The second kappa shape index (κ2) is 7.68. The zero-order valence-corrected chi connectivity index (χ0v) is 10.7. The van der Waals surface area contributed by atoms with E-state index >= 15 is 0 Å². The molecule has 1 unspecified atom stereocenters. The van der Waals surface area contributed by atoms with Crippen LogP contribution in [0.25, 0.3) is 0 Å². The van der Waals surface area contributed by atoms with Crippen molar-refractivity contribution in [2.24, 2.45) is 0 Å². The van der Waals surface area contributed by atoms with E-state index in [0.29, 0.717) is 18.5 Å². The van der Waals surface area contributed by atoms with Crippen LogP contribution < -0.4 is 10.6 Å². The van der Waals surface area contributed by atoms with E-state index in [9.17, 15) is 13.6 Å². The third kappa shape index (κ3) is 5.21. The lowest BCUT2D eigenvalue weighted by Gasteiger charge is -2.14. The summed E-state index contributed by atoms with van der Waals surface area (Å²) in [6, 6.07) is 3.02. The van der Waals surface area contributed by atoms with Crippen molar-refractivity contribution in [2.75, 3.05) is 19.7 Å². The molecule has 0 aliphatic carbocycles. The van der Waals surface area contributed by atoms with Crippen LogP contribution in [0.2, 0.25) is 0 Å². The Morgan fingerprint density at radius 3 is 2.74 bits per heavy atom. The summed E-state index contributed by atoms with van der Waals surface area (Å²) in [7, 11) is 0. The summed E-state index contributed by atoms with van der Waals surface area (Å²) in [6.45, 7) is 2.37. The van der Waals surface area contributed by atoms with Gasteiger partial charge in [0.05, 0.1) is 0 Å². The molecule has 0 heterocycles. The monoisotopic (exact) mass is 272 g/mol. The van der Waals surface area contributed by atoms with Crippen molar-refractivity contribution in [3.8, 4) is 0 Å². The van der Waals surface area contributed by atoms with E-state index in [1.54, 1.807) is 6.92 Å². The van der Waals surface area contributed by atoms with Crippen LogP contribution >= 0.6 is 0 Å². The summed E-state index contributed by atoms with van der Waals surface area (Å²) in [5.41, 5.74) is 0.358. The summed E-state index contributed by atoms with van der Waals surface area (Å²) in [4.78, 5) is 11.3. The van der Waals surface area contributed by atoms with Crippen LogP contribution in [0.4, 0.5) is 13.6 Å². The quantitative estimate of drug-likeness (QED) is 0.691. The fourth-order valence-corrected chi connectivity index (χ4v) is 1.60. The number of benzene rings is 1. The minimum absolute atomic E-state index is 0.0114. The molecule has 0 aliphatic rings. The molecular weight excluding hydrogens is 254 g/mol. The first kappa shape index (κ1) is 15.4. The van der Waals surface area contributed by atoms with E-state index < -0.39 is 11.6 Å². The van der Waals surface area contributed by atoms with Gasteiger partial charge in [-0.3, -0.25) is 0 Å². The fourth-order valence-electron chi connectivity index (χ4n) is 1.60. The zero-order chi connectivity index (χ0) is 14.3. The van der Waals surface area contributed by atoms with Crippen molar-refractivity contribution in [3.63, 3.8) is 0 Å². The van der Waals surface area contributed by atoms with Crippen molar-refractivity contribution in [1.29, 1.82) is 0 Å². The van der Waals surface area contributed by atoms with Crippen molar-refractivity contribution in [3.05, 3.63) is 35.4 Å². The second-order valence-electron chi connectivity index (χ2n) is 4.28. The molecule has 1 rings (SSSR count). The lowest BCUT2D eigenvalue weighted by atomic mass is 10.0. The Kier molecular flexibility index (Phi) is 6.21. The molecule has 0 saturated carbocycles. The maximum Gasteiger partial charge on any atom is 0.314 e. The van der Waals surface area contributed by atoms with Crippen LogP contribution in [-0.4, -0.2) is 30.8 Å². The summed E-state index contributed by atoms with van der Waals surface area (Å²) < 4.78 is 26.2.